The van der Waals surface area contributed by atoms with Gasteiger partial charge in [-0.2, -0.15) is 13.2 Å². The average molecular weight is 261 g/mol. The largest absolute Gasteiger partial charge is 0.417 e. The van der Waals surface area contributed by atoms with Crippen molar-refractivity contribution in [2.45, 2.75) is 19.1 Å². The highest BCUT2D eigenvalue weighted by Gasteiger charge is 2.34. The number of methoxy groups -OCH3 is 1. The number of hydrogen-bond acceptors (Lipinski definition) is 2. The van der Waals surface area contributed by atoms with Gasteiger partial charge in [0.2, 0.25) is 0 Å². The van der Waals surface area contributed by atoms with Gasteiger partial charge in [-0.25, -0.2) is 0 Å². The van der Waals surface area contributed by atoms with Gasteiger partial charge in [0, 0.05) is 13.2 Å². The van der Waals surface area contributed by atoms with E-state index in [2.05, 4.69) is 5.32 Å². The quantitative estimate of drug-likeness (QED) is 0.904. The Kier molecular flexibility index (Phi) is 4.72. The summed E-state index contributed by atoms with van der Waals surface area (Å²) in [6.07, 6.45) is -4.54. The lowest BCUT2D eigenvalue weighted by Gasteiger charge is -2.16. The molecular weight excluding hydrogens is 247 g/mol. The number of benzene rings is 1. The standard InChI is InChI=1S/C12H14F3NO2/c1-8(7-18-2)16-11(17)9-5-3-4-6-10(9)12(13,14)15/h3-6,8H,7H2,1-2H3,(H,16,17)/t8-/m0/s1. The Hall–Kier alpha value is -1.56. The van der Waals surface area contributed by atoms with Crippen molar-refractivity contribution in [2.24, 2.45) is 0 Å². The number of rotatable bonds is 4. The molecule has 18 heavy (non-hydrogen) atoms. The van der Waals surface area contributed by atoms with E-state index in [0.717, 1.165) is 12.1 Å². The van der Waals surface area contributed by atoms with Gasteiger partial charge in [-0.1, -0.05) is 12.1 Å². The third-order valence-corrected chi connectivity index (χ3v) is 2.27. The van der Waals surface area contributed by atoms with Crippen LogP contribution >= 0.6 is 0 Å². The van der Waals surface area contributed by atoms with Crippen LogP contribution in [0, 0.1) is 0 Å². The second kappa shape index (κ2) is 5.86. The maximum Gasteiger partial charge on any atom is 0.417 e. The highest BCUT2D eigenvalue weighted by molar-refractivity contribution is 5.96. The maximum atomic E-state index is 12.7. The van der Waals surface area contributed by atoms with Crippen molar-refractivity contribution in [3.63, 3.8) is 0 Å². The van der Waals surface area contributed by atoms with Crippen molar-refractivity contribution in [2.75, 3.05) is 13.7 Å². The monoisotopic (exact) mass is 261 g/mol. The molecule has 0 radical (unpaired) electrons. The SMILES string of the molecule is COC[C@H](C)NC(=O)c1ccccc1C(F)(F)F. The molecule has 0 aliphatic heterocycles. The van der Waals surface area contributed by atoms with Crippen LogP contribution in [0.25, 0.3) is 0 Å². The highest BCUT2D eigenvalue weighted by Crippen LogP contribution is 2.31. The Labute approximate surface area is 103 Å². The first-order valence-corrected chi connectivity index (χ1v) is 5.32. The summed E-state index contributed by atoms with van der Waals surface area (Å²) < 4.78 is 42.9. The molecule has 0 fully saturated rings. The number of amides is 1. The molecule has 1 aromatic rings. The van der Waals surface area contributed by atoms with Crippen LogP contribution in [0.3, 0.4) is 0 Å². The number of alkyl halides is 3. The summed E-state index contributed by atoms with van der Waals surface area (Å²) in [6.45, 7) is 1.89. The Morgan fingerprint density at radius 1 is 1.39 bits per heavy atom. The van der Waals surface area contributed by atoms with Crippen LogP contribution in [0.4, 0.5) is 13.2 Å². The molecule has 0 unspecified atom stereocenters. The molecule has 0 aliphatic carbocycles. The van der Waals surface area contributed by atoms with Crippen molar-refractivity contribution >= 4 is 5.91 Å². The zero-order valence-corrected chi connectivity index (χ0v) is 10.0. The fourth-order valence-corrected chi connectivity index (χ4v) is 1.52. The van der Waals surface area contributed by atoms with Crippen LogP contribution in [0.1, 0.15) is 22.8 Å². The zero-order valence-electron chi connectivity index (χ0n) is 10.0. The lowest BCUT2D eigenvalue weighted by Crippen LogP contribution is -2.36. The molecule has 1 atom stereocenters. The molecule has 0 aromatic heterocycles. The summed E-state index contributed by atoms with van der Waals surface area (Å²) in [5.74, 6) is -0.757. The minimum atomic E-state index is -4.54. The predicted octanol–water partition coefficient (Wildman–Crippen LogP) is 2.47. The summed E-state index contributed by atoms with van der Waals surface area (Å²) in [4.78, 5) is 11.7. The Morgan fingerprint density at radius 3 is 2.56 bits per heavy atom. The second-order valence-electron chi connectivity index (χ2n) is 3.87. The highest BCUT2D eigenvalue weighted by atomic mass is 19.4. The molecule has 1 aromatic carbocycles. The van der Waals surface area contributed by atoms with E-state index in [-0.39, 0.29) is 18.2 Å². The fraction of sp³-hybridized carbons (Fsp3) is 0.417. The van der Waals surface area contributed by atoms with Gasteiger partial charge in [0.1, 0.15) is 0 Å². The lowest BCUT2D eigenvalue weighted by molar-refractivity contribution is -0.137. The minimum absolute atomic E-state index is 0.236. The summed E-state index contributed by atoms with van der Waals surface area (Å²) in [7, 11) is 1.45. The molecule has 0 spiro atoms. The van der Waals surface area contributed by atoms with E-state index in [1.807, 2.05) is 0 Å². The molecule has 0 heterocycles. The van der Waals surface area contributed by atoms with Crippen molar-refractivity contribution < 1.29 is 22.7 Å². The van der Waals surface area contributed by atoms with Gasteiger partial charge in [-0.15, -0.1) is 0 Å². The summed E-state index contributed by atoms with van der Waals surface area (Å²) in [6, 6.07) is 4.32. The molecule has 1 N–H and O–H groups in total. The van der Waals surface area contributed by atoms with E-state index < -0.39 is 17.6 Å². The minimum Gasteiger partial charge on any atom is -0.383 e. The Bertz CT molecular complexity index is 418. The van der Waals surface area contributed by atoms with Gasteiger partial charge in [0.25, 0.3) is 5.91 Å². The van der Waals surface area contributed by atoms with Crippen LogP contribution in [0.15, 0.2) is 24.3 Å². The van der Waals surface area contributed by atoms with Gasteiger partial charge >= 0.3 is 6.18 Å². The van der Waals surface area contributed by atoms with Crippen LogP contribution < -0.4 is 5.32 Å². The van der Waals surface area contributed by atoms with Gasteiger partial charge in [0.05, 0.1) is 17.7 Å². The van der Waals surface area contributed by atoms with Crippen LogP contribution in [0.5, 0.6) is 0 Å². The molecule has 1 rings (SSSR count). The number of carbonyl (C=O) groups excluding carboxylic acids is 1. The molecule has 6 heteroatoms. The normalized spacial score (nSPS) is 13.2. The van der Waals surface area contributed by atoms with E-state index in [0.29, 0.717) is 0 Å². The van der Waals surface area contributed by atoms with Crippen molar-refractivity contribution in [1.82, 2.24) is 5.32 Å². The van der Waals surface area contributed by atoms with E-state index in [1.54, 1.807) is 6.92 Å². The molecule has 0 bridgehead atoms. The van der Waals surface area contributed by atoms with Gasteiger partial charge in [-0.3, -0.25) is 4.79 Å². The number of carbonyl (C=O) groups is 1. The first-order valence-electron chi connectivity index (χ1n) is 5.32. The van der Waals surface area contributed by atoms with E-state index in [1.165, 1.54) is 19.2 Å². The van der Waals surface area contributed by atoms with Crippen molar-refractivity contribution in [3.8, 4) is 0 Å². The molecule has 3 nitrogen and oxygen atoms in total. The number of nitrogens with one attached hydrogen (secondary N) is 1. The first-order chi connectivity index (χ1) is 8.36. The van der Waals surface area contributed by atoms with Crippen LogP contribution in [-0.2, 0) is 10.9 Å². The number of halogens is 3. The summed E-state index contributed by atoms with van der Waals surface area (Å²) in [5, 5.41) is 2.45. The molecular formula is C12H14F3NO2. The van der Waals surface area contributed by atoms with Gasteiger partial charge < -0.3 is 10.1 Å². The second-order valence-corrected chi connectivity index (χ2v) is 3.87. The predicted molar refractivity (Wildman–Crippen MR) is 60.2 cm³/mol. The van der Waals surface area contributed by atoms with E-state index in [4.69, 9.17) is 4.74 Å². The van der Waals surface area contributed by atoms with Gasteiger partial charge in [-0.05, 0) is 19.1 Å². The molecule has 1 amide bonds. The van der Waals surface area contributed by atoms with E-state index in [9.17, 15) is 18.0 Å². The third kappa shape index (κ3) is 3.73. The third-order valence-electron chi connectivity index (χ3n) is 2.27. The van der Waals surface area contributed by atoms with Crippen molar-refractivity contribution in [1.29, 1.82) is 0 Å². The first kappa shape index (κ1) is 14.5. The average Bonchev–Trinajstić information content (AvgIpc) is 2.28. The Morgan fingerprint density at radius 2 is 2.00 bits per heavy atom. The molecule has 0 saturated heterocycles. The molecule has 0 saturated carbocycles. The lowest BCUT2D eigenvalue weighted by atomic mass is 10.1. The molecule has 0 aliphatic rings. The topological polar surface area (TPSA) is 38.3 Å². The summed E-state index contributed by atoms with van der Waals surface area (Å²) >= 11 is 0. The number of ether oxygens (including phenoxy) is 1. The smallest absolute Gasteiger partial charge is 0.383 e. The van der Waals surface area contributed by atoms with E-state index >= 15 is 0 Å². The number of hydrogen-bond donors (Lipinski definition) is 1. The van der Waals surface area contributed by atoms with Crippen LogP contribution in [-0.4, -0.2) is 25.7 Å². The summed E-state index contributed by atoms with van der Waals surface area (Å²) in [5.41, 5.74) is -1.32. The van der Waals surface area contributed by atoms with Crippen molar-refractivity contribution in [3.05, 3.63) is 35.4 Å². The fourth-order valence-electron chi connectivity index (χ4n) is 1.52. The Balaban J connectivity index is 2.93. The van der Waals surface area contributed by atoms with Crippen LogP contribution in [0.2, 0.25) is 0 Å². The maximum absolute atomic E-state index is 12.7. The molecule has 100 valence electrons. The van der Waals surface area contributed by atoms with Gasteiger partial charge in [0.15, 0.2) is 0 Å². The zero-order chi connectivity index (χ0) is 13.8.